The normalized spacial score (nSPS) is 20.7. The van der Waals surface area contributed by atoms with Gasteiger partial charge in [0.15, 0.2) is 0 Å². The third-order valence-electron chi connectivity index (χ3n) is 3.89. The topological polar surface area (TPSA) is 40.6 Å². The van der Waals surface area contributed by atoms with E-state index in [1.807, 2.05) is 0 Å². The summed E-state index contributed by atoms with van der Waals surface area (Å²) < 4.78 is 55.6. The van der Waals surface area contributed by atoms with Gasteiger partial charge in [0.05, 0.1) is 18.3 Å². The van der Waals surface area contributed by atoms with Crippen molar-refractivity contribution in [2.45, 2.75) is 45.1 Å². The lowest BCUT2D eigenvalue weighted by atomic mass is 9.77. The number of halogens is 3. The van der Waals surface area contributed by atoms with Crippen molar-refractivity contribution in [3.63, 3.8) is 0 Å². The van der Waals surface area contributed by atoms with Crippen LogP contribution in [0.1, 0.15) is 33.4 Å². The monoisotopic (exact) mass is 303 g/mol. The van der Waals surface area contributed by atoms with Crippen LogP contribution in [0.5, 0.6) is 5.88 Å². The molecule has 0 amide bonds. The van der Waals surface area contributed by atoms with E-state index in [9.17, 15) is 13.2 Å². The number of nitrogens with zero attached hydrogens (tertiary/aromatic N) is 1. The molecule has 0 bridgehead atoms. The van der Waals surface area contributed by atoms with E-state index in [1.54, 1.807) is 27.7 Å². The van der Waals surface area contributed by atoms with Gasteiger partial charge in [0.1, 0.15) is 5.69 Å². The maximum atomic E-state index is 13.2. The zero-order chi connectivity index (χ0) is 16.1. The van der Waals surface area contributed by atoms with Crippen molar-refractivity contribution in [3.05, 3.63) is 17.8 Å². The Morgan fingerprint density at radius 1 is 1.10 bits per heavy atom. The van der Waals surface area contributed by atoms with Crippen molar-refractivity contribution in [1.29, 1.82) is 0 Å². The molecule has 0 saturated carbocycles. The molecule has 0 unspecified atom stereocenters. The molecular weight excluding hydrogens is 286 g/mol. The lowest BCUT2D eigenvalue weighted by Crippen LogP contribution is -2.41. The first-order valence-electron chi connectivity index (χ1n) is 6.46. The molecule has 1 aromatic rings. The van der Waals surface area contributed by atoms with E-state index in [-0.39, 0.29) is 11.3 Å². The van der Waals surface area contributed by atoms with Gasteiger partial charge in [-0.25, -0.2) is 4.98 Å². The Bertz CT molecular complexity index is 530. The molecule has 0 atom stereocenters. The molecule has 0 aromatic carbocycles. The summed E-state index contributed by atoms with van der Waals surface area (Å²) in [6.45, 7) is 7.10. The molecular formula is C13H17BF3NO3. The highest BCUT2D eigenvalue weighted by atomic mass is 19.4. The van der Waals surface area contributed by atoms with Crippen LogP contribution < -0.4 is 10.2 Å². The van der Waals surface area contributed by atoms with E-state index < -0.39 is 30.2 Å². The number of pyridine rings is 1. The van der Waals surface area contributed by atoms with Crippen LogP contribution >= 0.6 is 0 Å². The van der Waals surface area contributed by atoms with Crippen LogP contribution in [-0.4, -0.2) is 30.4 Å². The zero-order valence-electron chi connectivity index (χ0n) is 12.5. The average Bonchev–Trinajstić information content (AvgIpc) is 2.56. The number of hydrogen-bond acceptors (Lipinski definition) is 4. The van der Waals surface area contributed by atoms with E-state index in [4.69, 9.17) is 14.0 Å². The number of aromatic nitrogens is 1. The fourth-order valence-electron chi connectivity index (χ4n) is 1.95. The van der Waals surface area contributed by atoms with Gasteiger partial charge >= 0.3 is 13.3 Å². The molecule has 8 heteroatoms. The molecule has 0 spiro atoms. The summed E-state index contributed by atoms with van der Waals surface area (Å²) >= 11 is 0. The fourth-order valence-corrected chi connectivity index (χ4v) is 1.95. The molecule has 1 fully saturated rings. The van der Waals surface area contributed by atoms with Crippen molar-refractivity contribution in [3.8, 4) is 5.88 Å². The van der Waals surface area contributed by atoms with E-state index in [1.165, 1.54) is 19.2 Å². The molecule has 0 aliphatic carbocycles. The number of alkyl halides is 3. The summed E-state index contributed by atoms with van der Waals surface area (Å²) in [5.74, 6) is -0.109. The minimum absolute atomic E-state index is 0.109. The maximum absolute atomic E-state index is 13.2. The molecule has 21 heavy (non-hydrogen) atoms. The molecule has 1 aliphatic rings. The molecule has 0 N–H and O–H groups in total. The third kappa shape index (κ3) is 2.87. The molecule has 2 heterocycles. The summed E-state index contributed by atoms with van der Waals surface area (Å²) in [6, 6.07) is 2.63. The Balaban J connectivity index is 2.46. The van der Waals surface area contributed by atoms with Crippen LogP contribution in [0.25, 0.3) is 0 Å². The highest BCUT2D eigenvalue weighted by Crippen LogP contribution is 2.38. The first-order valence-corrected chi connectivity index (χ1v) is 6.46. The number of ether oxygens (including phenoxy) is 1. The maximum Gasteiger partial charge on any atom is 0.497 e. The molecule has 116 valence electrons. The van der Waals surface area contributed by atoms with Crippen LogP contribution in [0.15, 0.2) is 12.1 Å². The summed E-state index contributed by atoms with van der Waals surface area (Å²) in [6.07, 6.45) is -4.62. The largest absolute Gasteiger partial charge is 0.497 e. The number of methoxy groups -OCH3 is 1. The van der Waals surface area contributed by atoms with Gasteiger partial charge in [-0.3, -0.25) is 0 Å². The van der Waals surface area contributed by atoms with Crippen LogP contribution in [0, 0.1) is 0 Å². The van der Waals surface area contributed by atoms with Gasteiger partial charge in [-0.05, 0) is 33.8 Å². The van der Waals surface area contributed by atoms with Crippen molar-refractivity contribution < 1.29 is 27.2 Å². The average molecular weight is 303 g/mol. The predicted octanol–water partition coefficient (Wildman–Crippen LogP) is 2.41. The Morgan fingerprint density at radius 2 is 1.62 bits per heavy atom. The third-order valence-corrected chi connectivity index (χ3v) is 3.89. The van der Waals surface area contributed by atoms with E-state index in [0.29, 0.717) is 0 Å². The second-order valence-corrected chi connectivity index (χ2v) is 5.88. The molecule has 0 radical (unpaired) electrons. The quantitative estimate of drug-likeness (QED) is 0.787. The first kappa shape index (κ1) is 16.1. The standard InChI is InChI=1S/C13H17BF3NO3/c1-11(2)12(3,4)21-14(20-11)8-6-7-9(19-5)18-10(8)13(15,16)17/h6-7H,1-5H3. The van der Waals surface area contributed by atoms with Crippen molar-refractivity contribution >= 4 is 12.6 Å². The van der Waals surface area contributed by atoms with Crippen molar-refractivity contribution in [1.82, 2.24) is 4.98 Å². The predicted molar refractivity (Wildman–Crippen MR) is 71.5 cm³/mol. The lowest BCUT2D eigenvalue weighted by Gasteiger charge is -2.32. The summed E-state index contributed by atoms with van der Waals surface area (Å²) in [4.78, 5) is 3.50. The van der Waals surface area contributed by atoms with Gasteiger partial charge < -0.3 is 14.0 Å². The Kier molecular flexibility index (Phi) is 3.74. The summed E-state index contributed by atoms with van der Waals surface area (Å²) in [5, 5.41) is 0. The SMILES string of the molecule is COc1ccc(B2OC(C)(C)C(C)(C)O2)c(C(F)(F)F)n1. The first-order chi connectivity index (χ1) is 9.48. The van der Waals surface area contributed by atoms with Gasteiger partial charge in [-0.1, -0.05) is 6.07 Å². The van der Waals surface area contributed by atoms with Gasteiger partial charge in [0.25, 0.3) is 0 Å². The van der Waals surface area contributed by atoms with Gasteiger partial charge in [-0.15, -0.1) is 0 Å². The highest BCUT2D eigenvalue weighted by Gasteiger charge is 2.54. The zero-order valence-corrected chi connectivity index (χ0v) is 12.5. The van der Waals surface area contributed by atoms with Crippen LogP contribution in [0.4, 0.5) is 13.2 Å². The Morgan fingerprint density at radius 3 is 2.05 bits per heavy atom. The molecule has 1 saturated heterocycles. The van der Waals surface area contributed by atoms with E-state index in [0.717, 1.165) is 0 Å². The Hall–Kier alpha value is -1.28. The van der Waals surface area contributed by atoms with Gasteiger partial charge in [0.2, 0.25) is 5.88 Å². The fraction of sp³-hybridized carbons (Fsp3) is 0.615. The smallest absolute Gasteiger partial charge is 0.481 e. The second kappa shape index (κ2) is 4.88. The van der Waals surface area contributed by atoms with E-state index >= 15 is 0 Å². The number of hydrogen-bond donors (Lipinski definition) is 0. The minimum Gasteiger partial charge on any atom is -0.481 e. The molecule has 1 aromatic heterocycles. The lowest BCUT2D eigenvalue weighted by molar-refractivity contribution is -0.140. The second-order valence-electron chi connectivity index (χ2n) is 5.88. The van der Waals surface area contributed by atoms with Gasteiger partial charge in [-0.2, -0.15) is 13.2 Å². The summed E-state index contributed by atoms with van der Waals surface area (Å²) in [7, 11) is 0.141. The molecule has 1 aliphatic heterocycles. The summed E-state index contributed by atoms with van der Waals surface area (Å²) in [5.41, 5.74) is -2.65. The van der Waals surface area contributed by atoms with Gasteiger partial charge in [0, 0.05) is 5.46 Å². The Labute approximate surface area is 121 Å². The van der Waals surface area contributed by atoms with Crippen LogP contribution in [-0.2, 0) is 15.5 Å². The molecule has 4 nitrogen and oxygen atoms in total. The van der Waals surface area contributed by atoms with Crippen molar-refractivity contribution in [2.75, 3.05) is 7.11 Å². The molecule has 2 rings (SSSR count). The van der Waals surface area contributed by atoms with Crippen LogP contribution in [0.3, 0.4) is 0 Å². The van der Waals surface area contributed by atoms with E-state index in [2.05, 4.69) is 4.98 Å². The minimum atomic E-state index is -4.62. The number of rotatable bonds is 2. The highest BCUT2D eigenvalue weighted by molar-refractivity contribution is 6.62. The van der Waals surface area contributed by atoms with Crippen molar-refractivity contribution in [2.24, 2.45) is 0 Å². The van der Waals surface area contributed by atoms with Crippen LogP contribution in [0.2, 0.25) is 0 Å².